The lowest BCUT2D eigenvalue weighted by Gasteiger charge is -2.17. The van der Waals surface area contributed by atoms with Gasteiger partial charge in [0.15, 0.2) is 0 Å². The van der Waals surface area contributed by atoms with Gasteiger partial charge in [0.25, 0.3) is 0 Å². The summed E-state index contributed by atoms with van der Waals surface area (Å²) in [5, 5.41) is 0. The van der Waals surface area contributed by atoms with Crippen molar-refractivity contribution in [2.24, 2.45) is 0 Å². The Balaban J connectivity index is 4.70. The fourth-order valence-electron chi connectivity index (χ4n) is 0.771. The van der Waals surface area contributed by atoms with E-state index < -0.39 is 0 Å². The van der Waals surface area contributed by atoms with Crippen molar-refractivity contribution in [3.8, 4) is 0 Å². The summed E-state index contributed by atoms with van der Waals surface area (Å²) in [6.07, 6.45) is 0.641. The molecule has 64 valence electrons. The number of halogens is 1. The van der Waals surface area contributed by atoms with E-state index in [0.717, 1.165) is 11.1 Å². The Kier molecular flexibility index (Phi) is 3.86. The van der Waals surface area contributed by atoms with E-state index in [1.807, 2.05) is 34.9 Å². The summed E-state index contributed by atoms with van der Waals surface area (Å²) in [5.41, 5.74) is 2.78. The number of hydrogen-bond donors (Lipinski definition) is 0. The maximum atomic E-state index is 12.3. The Morgan fingerprint density at radius 3 is 1.73 bits per heavy atom. The lowest BCUT2D eigenvalue weighted by atomic mass is 10.1. The zero-order chi connectivity index (χ0) is 9.02. The molecular weight excluding hydrogens is 141 g/mol. The van der Waals surface area contributed by atoms with Crippen molar-refractivity contribution in [3.05, 3.63) is 23.2 Å². The standard InChI is InChI=1S/C9H16FN/c1-7(2)8(3)9(6-10)11(4)5/h6H,1-5H3/b9-6-. The van der Waals surface area contributed by atoms with E-state index in [1.54, 1.807) is 4.90 Å². The first-order chi connectivity index (χ1) is 5.00. The van der Waals surface area contributed by atoms with Crippen molar-refractivity contribution in [2.75, 3.05) is 14.1 Å². The predicted molar refractivity (Wildman–Crippen MR) is 46.9 cm³/mol. The number of allylic oxidation sites excluding steroid dienone is 2. The average Bonchev–Trinajstić information content (AvgIpc) is 1.88. The van der Waals surface area contributed by atoms with Gasteiger partial charge in [-0.2, -0.15) is 0 Å². The molecule has 0 rings (SSSR count). The summed E-state index contributed by atoms with van der Waals surface area (Å²) in [7, 11) is 3.66. The molecule has 0 aliphatic rings. The molecule has 11 heavy (non-hydrogen) atoms. The molecule has 0 radical (unpaired) electrons. The van der Waals surface area contributed by atoms with Crippen LogP contribution in [-0.2, 0) is 0 Å². The van der Waals surface area contributed by atoms with Crippen molar-refractivity contribution < 1.29 is 4.39 Å². The minimum atomic E-state index is 0.641. The molecule has 1 nitrogen and oxygen atoms in total. The minimum Gasteiger partial charge on any atom is -0.376 e. The van der Waals surface area contributed by atoms with E-state index in [4.69, 9.17) is 0 Å². The monoisotopic (exact) mass is 157 g/mol. The molecule has 0 atom stereocenters. The molecule has 0 saturated heterocycles. The lowest BCUT2D eigenvalue weighted by Crippen LogP contribution is -2.12. The third-order valence-electron chi connectivity index (χ3n) is 1.72. The summed E-state index contributed by atoms with van der Waals surface area (Å²) in [5.74, 6) is 0. The Morgan fingerprint density at radius 1 is 1.18 bits per heavy atom. The van der Waals surface area contributed by atoms with E-state index in [-0.39, 0.29) is 0 Å². The molecule has 0 saturated carbocycles. The van der Waals surface area contributed by atoms with Crippen LogP contribution in [0.1, 0.15) is 20.8 Å². The van der Waals surface area contributed by atoms with Crippen LogP contribution >= 0.6 is 0 Å². The largest absolute Gasteiger partial charge is 0.376 e. The molecule has 0 aliphatic carbocycles. The highest BCUT2D eigenvalue weighted by molar-refractivity contribution is 5.29. The number of nitrogens with zero attached hydrogens (tertiary/aromatic N) is 1. The summed E-state index contributed by atoms with van der Waals surface area (Å²) in [4.78, 5) is 1.77. The van der Waals surface area contributed by atoms with Gasteiger partial charge in [-0.25, -0.2) is 4.39 Å². The zero-order valence-electron chi connectivity index (χ0n) is 7.90. The second kappa shape index (κ2) is 4.16. The van der Waals surface area contributed by atoms with Gasteiger partial charge in [0.1, 0.15) is 6.33 Å². The van der Waals surface area contributed by atoms with Gasteiger partial charge in [0.2, 0.25) is 0 Å². The number of hydrogen-bond acceptors (Lipinski definition) is 1. The number of rotatable bonds is 2. The summed E-state index contributed by atoms with van der Waals surface area (Å²) >= 11 is 0. The Hall–Kier alpha value is -0.790. The maximum Gasteiger partial charge on any atom is 0.110 e. The van der Waals surface area contributed by atoms with Crippen molar-refractivity contribution in [1.29, 1.82) is 0 Å². The molecule has 0 aromatic heterocycles. The molecule has 0 N–H and O–H groups in total. The first-order valence-corrected chi connectivity index (χ1v) is 3.62. The minimum absolute atomic E-state index is 0.641. The molecule has 0 aromatic carbocycles. The van der Waals surface area contributed by atoms with Crippen LogP contribution in [0.4, 0.5) is 4.39 Å². The molecular formula is C9H16FN. The van der Waals surface area contributed by atoms with Gasteiger partial charge in [0.05, 0.1) is 5.70 Å². The van der Waals surface area contributed by atoms with Gasteiger partial charge in [-0.3, -0.25) is 0 Å². The summed E-state index contributed by atoms with van der Waals surface area (Å²) in [6, 6.07) is 0. The van der Waals surface area contributed by atoms with Crippen molar-refractivity contribution in [3.63, 3.8) is 0 Å². The van der Waals surface area contributed by atoms with E-state index in [9.17, 15) is 4.39 Å². The highest BCUT2D eigenvalue weighted by atomic mass is 19.1. The summed E-state index contributed by atoms with van der Waals surface area (Å²) < 4.78 is 12.3. The topological polar surface area (TPSA) is 3.24 Å². The Morgan fingerprint density at radius 2 is 1.64 bits per heavy atom. The fraction of sp³-hybridized carbons (Fsp3) is 0.556. The first-order valence-electron chi connectivity index (χ1n) is 3.62. The van der Waals surface area contributed by atoms with Gasteiger partial charge in [-0.05, 0) is 26.3 Å². The van der Waals surface area contributed by atoms with Crippen LogP contribution in [0, 0.1) is 0 Å². The van der Waals surface area contributed by atoms with Crippen LogP contribution in [0.2, 0.25) is 0 Å². The third kappa shape index (κ3) is 2.74. The fourth-order valence-corrected chi connectivity index (χ4v) is 0.771. The highest BCUT2D eigenvalue weighted by Crippen LogP contribution is 2.15. The van der Waals surface area contributed by atoms with Gasteiger partial charge < -0.3 is 4.90 Å². The Labute approximate surface area is 68.2 Å². The lowest BCUT2D eigenvalue weighted by molar-refractivity contribution is 0.500. The van der Waals surface area contributed by atoms with Crippen LogP contribution in [0.5, 0.6) is 0 Å². The second-order valence-corrected chi connectivity index (χ2v) is 3.01. The predicted octanol–water partition coefficient (Wildman–Crippen LogP) is 2.72. The van der Waals surface area contributed by atoms with Crippen molar-refractivity contribution >= 4 is 0 Å². The van der Waals surface area contributed by atoms with Crippen LogP contribution in [0.25, 0.3) is 0 Å². The Bertz CT molecular complexity index is 186. The molecule has 0 heterocycles. The molecule has 0 fully saturated rings. The van der Waals surface area contributed by atoms with Crippen LogP contribution < -0.4 is 0 Å². The molecule has 0 bridgehead atoms. The van der Waals surface area contributed by atoms with E-state index in [2.05, 4.69) is 0 Å². The molecule has 0 amide bonds. The van der Waals surface area contributed by atoms with Gasteiger partial charge in [-0.1, -0.05) is 5.57 Å². The van der Waals surface area contributed by atoms with Crippen LogP contribution in [0.3, 0.4) is 0 Å². The van der Waals surface area contributed by atoms with E-state index >= 15 is 0 Å². The van der Waals surface area contributed by atoms with Crippen LogP contribution in [-0.4, -0.2) is 19.0 Å². The molecule has 0 spiro atoms. The smallest absolute Gasteiger partial charge is 0.110 e. The van der Waals surface area contributed by atoms with Crippen LogP contribution in [0.15, 0.2) is 23.2 Å². The van der Waals surface area contributed by atoms with Gasteiger partial charge in [0, 0.05) is 14.1 Å². The maximum absolute atomic E-state index is 12.3. The number of likely N-dealkylation sites (N-methyl/N-ethyl adjacent to an activating group) is 1. The van der Waals surface area contributed by atoms with Gasteiger partial charge >= 0.3 is 0 Å². The quantitative estimate of drug-likeness (QED) is 0.557. The summed E-state index contributed by atoms with van der Waals surface area (Å²) in [6.45, 7) is 5.87. The molecule has 0 unspecified atom stereocenters. The third-order valence-corrected chi connectivity index (χ3v) is 1.72. The van der Waals surface area contributed by atoms with E-state index in [1.165, 1.54) is 0 Å². The molecule has 0 aromatic rings. The van der Waals surface area contributed by atoms with Gasteiger partial charge in [-0.15, -0.1) is 0 Å². The highest BCUT2D eigenvalue weighted by Gasteiger charge is 2.03. The van der Waals surface area contributed by atoms with Crippen molar-refractivity contribution in [2.45, 2.75) is 20.8 Å². The normalized spacial score (nSPS) is 11.3. The SMILES string of the molecule is CC(C)=C(C)/C(=C/F)N(C)C. The second-order valence-electron chi connectivity index (χ2n) is 3.01. The average molecular weight is 157 g/mol. The zero-order valence-corrected chi connectivity index (χ0v) is 7.90. The molecule has 2 heteroatoms. The first kappa shape index (κ1) is 10.2. The van der Waals surface area contributed by atoms with Crippen molar-refractivity contribution in [1.82, 2.24) is 4.90 Å². The molecule has 0 aliphatic heterocycles. The van der Waals surface area contributed by atoms with E-state index in [0.29, 0.717) is 12.0 Å².